The zero-order valence-electron chi connectivity index (χ0n) is 1.41. The van der Waals surface area contributed by atoms with Crippen LogP contribution in [0.4, 0.5) is 0 Å². The molecule has 0 radical (unpaired) electrons. The molecule has 6 heteroatoms. The van der Waals surface area contributed by atoms with Crippen LogP contribution >= 0.6 is 0 Å². The molecule has 0 saturated carbocycles. The minimum Gasteiger partial charge on any atom is 0 e. The van der Waals surface area contributed by atoms with Crippen molar-refractivity contribution in [2.75, 3.05) is 0 Å². The normalized spacial score (nSPS) is 1.00. The van der Waals surface area contributed by atoms with Gasteiger partial charge in [-0.25, -0.2) is 0 Å². The summed E-state index contributed by atoms with van der Waals surface area (Å²) in [7, 11) is 0. The molecule has 0 atom stereocenters. The van der Waals surface area contributed by atoms with Crippen LogP contribution in [0.3, 0.4) is 0 Å². The molecule has 0 rings (SSSR count). The first-order valence-electron chi connectivity index (χ1n) is 0.123. The summed E-state index contributed by atoms with van der Waals surface area (Å²) in [5.74, 6) is 0. The monoisotopic (exact) mass is 579 g/mol. The van der Waals surface area contributed by atoms with Gasteiger partial charge < -0.3 is 0 Å². The Kier molecular flexibility index (Phi) is 154. The van der Waals surface area contributed by atoms with Gasteiger partial charge in [0.2, 0.25) is 0 Å². The molecule has 0 aliphatic rings. The van der Waals surface area contributed by atoms with Gasteiger partial charge in [-0.15, -0.1) is 0 Å². The van der Waals surface area contributed by atoms with Crippen LogP contribution in [0.15, 0.2) is 0 Å². The van der Waals surface area contributed by atoms with Gasteiger partial charge in [-0.05, 0) is 0 Å². The zero-order chi connectivity index (χ0) is 2.00. The van der Waals surface area contributed by atoms with E-state index >= 15 is 0 Å². The van der Waals surface area contributed by atoms with E-state index in [9.17, 15) is 0 Å². The van der Waals surface area contributed by atoms with E-state index in [0.29, 0.717) is 0 Å². The zero-order valence-corrected chi connectivity index (χ0v) is 6.82. The molecule has 1 nitrogen and oxygen atoms in total. The number of hydrogen-bond donors (Lipinski definition) is 0. The second-order valence-corrected chi connectivity index (χ2v) is 0. The molecular weight excluding hydrogens is 575 g/mol. The van der Waals surface area contributed by atoms with E-state index in [4.69, 9.17) is 3.83 Å². The average Bonchev–Trinajstić information content (AvgIpc) is 1.00. The smallest absolute Gasteiger partial charge is 0 e. The third-order valence-electron chi connectivity index (χ3n) is 0. The Morgan fingerprint density at radius 1 is 1.17 bits per heavy atom. The molecule has 0 unspecified atom stereocenters. The maximum absolute atomic E-state index is 7.81. The Labute approximate surface area is 178 Å². The molecule has 43 valence electrons. The van der Waals surface area contributed by atoms with E-state index in [1.807, 2.05) is 0 Å². The Morgan fingerprint density at radius 3 is 1.17 bits per heavy atom. The summed E-state index contributed by atoms with van der Waals surface area (Å²) in [4.78, 5) is 0. The quantitative estimate of drug-likeness (QED) is 0.306. The first-order valence-corrected chi connectivity index (χ1v) is 0.508. The van der Waals surface area contributed by atoms with E-state index in [-0.39, 0.29) is 164 Å². The fourth-order valence-corrected chi connectivity index (χ4v) is 0. The number of rotatable bonds is 0. The molecule has 0 aromatic rings. The standard InChI is InChI=1S/Ba.Ca.Cu.Er.O.Sm.4H. The second-order valence-electron chi connectivity index (χ2n) is 0. The molecule has 0 N–H and O–H groups in total. The van der Waals surface area contributed by atoms with Gasteiger partial charge in [0.05, 0.1) is 0 Å². The van der Waals surface area contributed by atoms with Crippen molar-refractivity contribution in [3.8, 4) is 0 Å². The van der Waals surface area contributed by atoms with E-state index in [2.05, 4.69) is 15.9 Å². The van der Waals surface area contributed by atoms with Crippen molar-refractivity contribution >= 4 is 86.6 Å². The summed E-state index contributed by atoms with van der Waals surface area (Å²) in [5.41, 5.74) is 0. The van der Waals surface area contributed by atoms with Crippen LogP contribution in [0.1, 0.15) is 0 Å². The van der Waals surface area contributed by atoms with Gasteiger partial charge in [-0.3, -0.25) is 0 Å². The van der Waals surface area contributed by atoms with Crippen molar-refractivity contribution in [2.45, 2.75) is 0 Å². The third kappa shape index (κ3) is 22.6. The van der Waals surface area contributed by atoms with Crippen molar-refractivity contribution in [1.29, 1.82) is 0 Å². The molecule has 0 spiro atoms. The second kappa shape index (κ2) is 30.9. The SMILES string of the molecule is [BaH2].[CaH2].[Er].[O]=[Cu].[Sm]. The molecule has 0 saturated heterocycles. The largest absolute Gasteiger partial charge is 0 e. The summed E-state index contributed by atoms with van der Waals surface area (Å²) in [6.07, 6.45) is 0. The topological polar surface area (TPSA) is 17.1 Å². The van der Waals surface area contributed by atoms with Gasteiger partial charge >= 0.3 is 106 Å². The molecule has 0 aromatic carbocycles. The molecule has 0 aliphatic carbocycles. The fraction of sp³-hybridized carbons (Fsp3) is 0. The van der Waals surface area contributed by atoms with Crippen molar-refractivity contribution in [3.63, 3.8) is 0 Å². The van der Waals surface area contributed by atoms with Crippen LogP contribution < -0.4 is 0 Å². The summed E-state index contributed by atoms with van der Waals surface area (Å²) in [5, 5.41) is 0. The summed E-state index contributed by atoms with van der Waals surface area (Å²) < 4.78 is 7.81. The van der Waals surface area contributed by atoms with E-state index < -0.39 is 0 Å². The maximum atomic E-state index is 7.81. The van der Waals surface area contributed by atoms with Crippen LogP contribution in [0.2, 0.25) is 0 Å². The molecule has 6 heavy (non-hydrogen) atoms. The molecule has 0 heterocycles. The van der Waals surface area contributed by atoms with Gasteiger partial charge in [-0.2, -0.15) is 0 Å². The predicted molar refractivity (Wildman–Crippen MR) is 17.8 cm³/mol. The Bertz CT molecular complexity index is 15.5. The maximum Gasteiger partial charge on any atom is 0 e. The predicted octanol–water partition coefficient (Wildman–Crippen LogP) is -1.95. The van der Waals surface area contributed by atoms with Crippen molar-refractivity contribution in [2.24, 2.45) is 0 Å². The van der Waals surface area contributed by atoms with Crippen molar-refractivity contribution in [1.82, 2.24) is 0 Å². The van der Waals surface area contributed by atoms with Gasteiger partial charge in [0.15, 0.2) is 0 Å². The average molecular weight is 579 g/mol. The summed E-state index contributed by atoms with van der Waals surface area (Å²) in [6, 6.07) is 0. The molecular formula is H4BaCaCuErOSm. The molecule has 0 aliphatic heterocycles. The van der Waals surface area contributed by atoms with E-state index in [0.717, 1.165) is 0 Å². The van der Waals surface area contributed by atoms with Crippen molar-refractivity contribution < 1.29 is 97.5 Å². The molecule has 0 fully saturated rings. The van der Waals surface area contributed by atoms with Gasteiger partial charge in [-0.1, -0.05) is 0 Å². The minimum atomic E-state index is 0. The van der Waals surface area contributed by atoms with Gasteiger partial charge in [0, 0.05) is 77.7 Å². The van der Waals surface area contributed by atoms with E-state index in [1.165, 1.54) is 0 Å². The van der Waals surface area contributed by atoms with Gasteiger partial charge in [0.25, 0.3) is 0 Å². The van der Waals surface area contributed by atoms with Crippen molar-refractivity contribution in [3.05, 3.63) is 0 Å². The number of hydrogen-bond acceptors (Lipinski definition) is 1. The first kappa shape index (κ1) is 29.8. The summed E-state index contributed by atoms with van der Waals surface area (Å²) in [6.45, 7) is 0. The first-order chi connectivity index (χ1) is 1.00. The fourth-order valence-electron chi connectivity index (χ4n) is 0. The van der Waals surface area contributed by atoms with Gasteiger partial charge in [0.1, 0.15) is 0 Å². The summed E-state index contributed by atoms with van der Waals surface area (Å²) >= 11 is 2.94. The van der Waals surface area contributed by atoms with Crippen LogP contribution in [-0.2, 0) is 19.8 Å². The Morgan fingerprint density at radius 2 is 1.17 bits per heavy atom. The van der Waals surface area contributed by atoms with E-state index in [1.54, 1.807) is 0 Å². The van der Waals surface area contributed by atoms with Crippen LogP contribution in [0, 0.1) is 77.7 Å². The minimum absolute atomic E-state index is 0. The molecule has 0 amide bonds. The Balaban J connectivity index is -0.000000000833. The third-order valence-corrected chi connectivity index (χ3v) is 0. The van der Waals surface area contributed by atoms with Crippen LogP contribution in [0.5, 0.6) is 0 Å². The van der Waals surface area contributed by atoms with Crippen LogP contribution in [0.25, 0.3) is 0 Å². The molecule has 0 bridgehead atoms. The molecule has 0 aromatic heterocycles. The Hall–Kier alpha value is 5.74. The van der Waals surface area contributed by atoms with Crippen LogP contribution in [-0.4, -0.2) is 86.6 Å².